The Hall–Kier alpha value is -0.0800. The van der Waals surface area contributed by atoms with Crippen molar-refractivity contribution >= 4 is 29.9 Å². The van der Waals surface area contributed by atoms with Crippen LogP contribution < -0.4 is 5.32 Å². The van der Waals surface area contributed by atoms with Crippen LogP contribution in [0.25, 0.3) is 0 Å². The lowest BCUT2D eigenvalue weighted by molar-refractivity contribution is 0.156. The van der Waals surface area contributed by atoms with Crippen LogP contribution >= 0.6 is 24.0 Å². The summed E-state index contributed by atoms with van der Waals surface area (Å²) in [5, 5.41) is 3.67. The number of rotatable bonds is 7. The van der Waals surface area contributed by atoms with Crippen LogP contribution in [0.4, 0.5) is 0 Å². The first-order chi connectivity index (χ1) is 11.7. The summed E-state index contributed by atoms with van der Waals surface area (Å²) in [7, 11) is 1.93. The van der Waals surface area contributed by atoms with E-state index in [2.05, 4.69) is 45.8 Å². The highest BCUT2D eigenvalue weighted by Gasteiger charge is 2.27. The van der Waals surface area contributed by atoms with Crippen LogP contribution in [0.5, 0.6) is 0 Å². The van der Waals surface area contributed by atoms with Gasteiger partial charge in [0.2, 0.25) is 0 Å². The summed E-state index contributed by atoms with van der Waals surface area (Å²) in [6.07, 6.45) is 5.35. The number of likely N-dealkylation sites (N-methyl/N-ethyl adjacent to an activating group) is 1. The van der Waals surface area contributed by atoms with Crippen molar-refractivity contribution < 1.29 is 0 Å². The molecule has 0 bridgehead atoms. The zero-order valence-electron chi connectivity index (χ0n) is 16.8. The van der Waals surface area contributed by atoms with Gasteiger partial charge in [0.1, 0.15) is 0 Å². The molecule has 0 saturated carbocycles. The molecule has 0 aromatic carbocycles. The van der Waals surface area contributed by atoms with E-state index < -0.39 is 0 Å². The standard InChI is InChI=1S/C19H39N5.HI/c1-5-22(6-2)15-17-11-13-24(16-17)19(20-4)21-14-18-10-8-9-12-23(18)7-3;/h17-18H,5-16H2,1-4H3,(H,20,21);1H. The summed E-state index contributed by atoms with van der Waals surface area (Å²) in [4.78, 5) is 12.2. The topological polar surface area (TPSA) is 34.1 Å². The fraction of sp³-hybridized carbons (Fsp3) is 0.947. The molecule has 2 unspecified atom stereocenters. The number of nitrogens with one attached hydrogen (secondary N) is 1. The first kappa shape index (κ1) is 23.0. The fourth-order valence-corrected chi connectivity index (χ4v) is 4.27. The van der Waals surface area contributed by atoms with Crippen LogP contribution in [0.2, 0.25) is 0 Å². The number of halogens is 1. The quantitative estimate of drug-likeness (QED) is 0.356. The summed E-state index contributed by atoms with van der Waals surface area (Å²) in [5.74, 6) is 1.89. The lowest BCUT2D eigenvalue weighted by atomic mass is 10.0. The third-order valence-electron chi connectivity index (χ3n) is 5.86. The summed E-state index contributed by atoms with van der Waals surface area (Å²) in [5.41, 5.74) is 0. The third-order valence-corrected chi connectivity index (χ3v) is 5.86. The minimum atomic E-state index is 0. The molecule has 2 atom stereocenters. The summed E-state index contributed by atoms with van der Waals surface area (Å²) >= 11 is 0. The summed E-state index contributed by atoms with van der Waals surface area (Å²) in [6, 6.07) is 0.676. The normalized spacial score (nSPS) is 25.3. The minimum Gasteiger partial charge on any atom is -0.355 e. The smallest absolute Gasteiger partial charge is 0.193 e. The molecule has 2 fully saturated rings. The average Bonchev–Trinajstić information content (AvgIpc) is 3.09. The van der Waals surface area contributed by atoms with Gasteiger partial charge in [-0.2, -0.15) is 0 Å². The number of piperidine rings is 1. The molecule has 0 radical (unpaired) electrons. The van der Waals surface area contributed by atoms with E-state index in [1.54, 1.807) is 0 Å². The second-order valence-electron chi connectivity index (χ2n) is 7.29. The molecular formula is C19H40IN5. The van der Waals surface area contributed by atoms with Gasteiger partial charge in [-0.1, -0.05) is 27.2 Å². The Morgan fingerprint density at radius 2 is 1.88 bits per heavy atom. The van der Waals surface area contributed by atoms with E-state index >= 15 is 0 Å². The third kappa shape index (κ3) is 6.86. The van der Waals surface area contributed by atoms with E-state index in [0.717, 1.165) is 44.6 Å². The second-order valence-corrected chi connectivity index (χ2v) is 7.29. The van der Waals surface area contributed by atoms with E-state index in [1.165, 1.54) is 45.3 Å². The molecule has 25 heavy (non-hydrogen) atoms. The highest BCUT2D eigenvalue weighted by atomic mass is 127. The molecule has 2 saturated heterocycles. The molecule has 0 spiro atoms. The van der Waals surface area contributed by atoms with Gasteiger partial charge in [0, 0.05) is 39.3 Å². The van der Waals surface area contributed by atoms with Gasteiger partial charge >= 0.3 is 0 Å². The molecular weight excluding hydrogens is 425 g/mol. The van der Waals surface area contributed by atoms with Crippen molar-refractivity contribution in [1.82, 2.24) is 20.0 Å². The summed E-state index contributed by atoms with van der Waals surface area (Å²) < 4.78 is 0. The monoisotopic (exact) mass is 465 g/mol. The van der Waals surface area contributed by atoms with Gasteiger partial charge in [-0.25, -0.2) is 0 Å². The van der Waals surface area contributed by atoms with Gasteiger partial charge in [-0.05, 0) is 51.4 Å². The maximum atomic E-state index is 4.56. The van der Waals surface area contributed by atoms with Crippen molar-refractivity contribution in [3.05, 3.63) is 0 Å². The Morgan fingerprint density at radius 3 is 2.52 bits per heavy atom. The zero-order chi connectivity index (χ0) is 17.4. The number of hydrogen-bond donors (Lipinski definition) is 1. The van der Waals surface area contributed by atoms with E-state index in [9.17, 15) is 0 Å². The predicted molar refractivity (Wildman–Crippen MR) is 119 cm³/mol. The average molecular weight is 465 g/mol. The Labute approximate surface area is 172 Å². The zero-order valence-corrected chi connectivity index (χ0v) is 19.2. The number of aliphatic imine (C=N–C) groups is 1. The predicted octanol–water partition coefficient (Wildman–Crippen LogP) is 2.72. The van der Waals surface area contributed by atoms with Gasteiger partial charge in [0.05, 0.1) is 0 Å². The SMILES string of the molecule is CCN(CC)CC1CCN(C(=NC)NCC2CCCCN2CC)C1.I. The number of hydrogen-bond acceptors (Lipinski definition) is 3. The molecule has 2 heterocycles. The molecule has 148 valence electrons. The first-order valence-corrected chi connectivity index (χ1v) is 10.1. The lowest BCUT2D eigenvalue weighted by Crippen LogP contribution is -2.49. The van der Waals surface area contributed by atoms with Crippen molar-refractivity contribution in [3.63, 3.8) is 0 Å². The Morgan fingerprint density at radius 1 is 1.12 bits per heavy atom. The van der Waals surface area contributed by atoms with Crippen LogP contribution in [0.1, 0.15) is 46.5 Å². The first-order valence-electron chi connectivity index (χ1n) is 10.1. The van der Waals surface area contributed by atoms with Gasteiger partial charge in [-0.3, -0.25) is 9.89 Å². The van der Waals surface area contributed by atoms with Crippen molar-refractivity contribution in [2.45, 2.75) is 52.5 Å². The van der Waals surface area contributed by atoms with Crippen molar-refractivity contribution in [3.8, 4) is 0 Å². The Bertz CT molecular complexity index is 386. The molecule has 2 aliphatic rings. The second kappa shape index (κ2) is 12.3. The molecule has 2 aliphatic heterocycles. The van der Waals surface area contributed by atoms with Crippen LogP contribution in [0.15, 0.2) is 4.99 Å². The maximum absolute atomic E-state index is 4.56. The molecule has 0 aromatic heterocycles. The van der Waals surface area contributed by atoms with Crippen molar-refractivity contribution in [2.75, 3.05) is 59.4 Å². The van der Waals surface area contributed by atoms with E-state index in [0.29, 0.717) is 6.04 Å². The maximum Gasteiger partial charge on any atom is 0.193 e. The van der Waals surface area contributed by atoms with E-state index in [4.69, 9.17) is 0 Å². The van der Waals surface area contributed by atoms with Gasteiger partial charge < -0.3 is 15.1 Å². The fourth-order valence-electron chi connectivity index (χ4n) is 4.27. The Kier molecular flexibility index (Phi) is 11.3. The Balaban J connectivity index is 0.00000312. The molecule has 0 aliphatic carbocycles. The molecule has 2 rings (SSSR count). The van der Waals surface area contributed by atoms with E-state index in [1.807, 2.05) is 7.05 Å². The van der Waals surface area contributed by atoms with Crippen LogP contribution in [-0.2, 0) is 0 Å². The molecule has 5 nitrogen and oxygen atoms in total. The van der Waals surface area contributed by atoms with Crippen molar-refractivity contribution in [2.24, 2.45) is 10.9 Å². The lowest BCUT2D eigenvalue weighted by Gasteiger charge is -2.35. The largest absolute Gasteiger partial charge is 0.355 e. The highest BCUT2D eigenvalue weighted by molar-refractivity contribution is 14.0. The number of guanidine groups is 1. The molecule has 1 N–H and O–H groups in total. The number of likely N-dealkylation sites (tertiary alicyclic amines) is 2. The van der Waals surface area contributed by atoms with Gasteiger partial charge in [-0.15, -0.1) is 24.0 Å². The molecule has 6 heteroatoms. The van der Waals surface area contributed by atoms with Crippen molar-refractivity contribution in [1.29, 1.82) is 0 Å². The van der Waals surface area contributed by atoms with Gasteiger partial charge in [0.15, 0.2) is 5.96 Å². The molecule has 0 amide bonds. The van der Waals surface area contributed by atoms with Gasteiger partial charge in [0.25, 0.3) is 0 Å². The van der Waals surface area contributed by atoms with Crippen LogP contribution in [0.3, 0.4) is 0 Å². The highest BCUT2D eigenvalue weighted by Crippen LogP contribution is 2.19. The van der Waals surface area contributed by atoms with E-state index in [-0.39, 0.29) is 24.0 Å². The molecule has 0 aromatic rings. The summed E-state index contributed by atoms with van der Waals surface area (Å²) in [6.45, 7) is 16.1. The van der Waals surface area contributed by atoms with Crippen LogP contribution in [-0.4, -0.2) is 86.1 Å². The van der Waals surface area contributed by atoms with Crippen LogP contribution in [0, 0.1) is 5.92 Å². The minimum absolute atomic E-state index is 0. The number of nitrogens with zero attached hydrogens (tertiary/aromatic N) is 4.